The van der Waals surface area contributed by atoms with Crippen LogP contribution in [-0.2, 0) is 0 Å². The zero-order valence-electron chi connectivity index (χ0n) is 11.6. The molecule has 21 heavy (non-hydrogen) atoms. The first-order valence-corrected chi connectivity index (χ1v) is 7.89. The third-order valence-corrected chi connectivity index (χ3v) is 4.84. The van der Waals surface area contributed by atoms with Crippen LogP contribution in [0.15, 0.2) is 40.3 Å². The molecule has 108 valence electrons. The van der Waals surface area contributed by atoms with Gasteiger partial charge in [-0.15, -0.1) is 11.3 Å². The van der Waals surface area contributed by atoms with E-state index in [2.05, 4.69) is 28.4 Å². The summed E-state index contributed by atoms with van der Waals surface area (Å²) in [6, 6.07) is 9.98. The van der Waals surface area contributed by atoms with Crippen LogP contribution >= 0.6 is 23.1 Å². The smallest absolute Gasteiger partial charge is 0.239 e. The van der Waals surface area contributed by atoms with E-state index in [1.807, 2.05) is 24.3 Å². The third kappa shape index (κ3) is 2.94. The van der Waals surface area contributed by atoms with Gasteiger partial charge in [0.1, 0.15) is 15.6 Å². The number of benzene rings is 1. The molecule has 0 bridgehead atoms. The molecular formula is C14H14N4OS2. The number of nitrogens with one attached hydrogen (secondary N) is 1. The quantitative estimate of drug-likeness (QED) is 0.436. The summed E-state index contributed by atoms with van der Waals surface area (Å²) in [7, 11) is 1.66. The number of fused-ring (bicyclic) bond motifs is 1. The highest BCUT2D eigenvalue weighted by Gasteiger charge is 2.11. The molecule has 0 spiro atoms. The lowest BCUT2D eigenvalue weighted by Gasteiger charge is -2.06. The Bertz CT molecular complexity index is 770. The standard InChI is InChI=1S/C14H14N4OS2/c1-8-7-11-12(20-8)16-14(18-15)17-13(11)21-10-5-3-9(19-2)4-6-10/h3-7H,15H2,1-2H3,(H,16,17,18). The second-order valence-electron chi connectivity index (χ2n) is 4.35. The average molecular weight is 318 g/mol. The molecule has 0 radical (unpaired) electrons. The number of nitrogen functional groups attached to an aromatic ring is 1. The van der Waals surface area contributed by atoms with Gasteiger partial charge in [0.25, 0.3) is 0 Å². The molecule has 5 nitrogen and oxygen atoms in total. The minimum absolute atomic E-state index is 0.431. The van der Waals surface area contributed by atoms with Crippen molar-refractivity contribution in [1.82, 2.24) is 9.97 Å². The number of hydrazine groups is 1. The van der Waals surface area contributed by atoms with E-state index in [1.54, 1.807) is 30.2 Å². The Labute approximate surface area is 130 Å². The summed E-state index contributed by atoms with van der Waals surface area (Å²) in [6.07, 6.45) is 0. The average Bonchev–Trinajstić information content (AvgIpc) is 2.88. The van der Waals surface area contributed by atoms with Crippen LogP contribution in [0.1, 0.15) is 4.88 Å². The lowest BCUT2D eigenvalue weighted by atomic mass is 10.3. The monoisotopic (exact) mass is 318 g/mol. The molecule has 7 heteroatoms. The second-order valence-corrected chi connectivity index (χ2v) is 6.65. The number of methoxy groups -OCH3 is 1. The van der Waals surface area contributed by atoms with Crippen molar-refractivity contribution < 1.29 is 4.74 Å². The molecular weight excluding hydrogens is 304 g/mol. The molecule has 0 aliphatic carbocycles. The predicted molar refractivity (Wildman–Crippen MR) is 87.1 cm³/mol. The lowest BCUT2D eigenvalue weighted by Crippen LogP contribution is -2.10. The third-order valence-electron chi connectivity index (χ3n) is 2.88. The first-order chi connectivity index (χ1) is 10.2. The van der Waals surface area contributed by atoms with Crippen molar-refractivity contribution in [2.45, 2.75) is 16.8 Å². The number of aryl methyl sites for hydroxylation is 1. The Balaban J connectivity index is 2.01. The van der Waals surface area contributed by atoms with Crippen LogP contribution in [0, 0.1) is 6.92 Å². The van der Waals surface area contributed by atoms with Crippen LogP contribution in [0.25, 0.3) is 10.2 Å². The minimum Gasteiger partial charge on any atom is -0.497 e. The van der Waals surface area contributed by atoms with Gasteiger partial charge in [-0.2, -0.15) is 0 Å². The molecule has 0 saturated carbocycles. The van der Waals surface area contributed by atoms with Gasteiger partial charge in [-0.25, -0.2) is 15.8 Å². The molecule has 3 N–H and O–H groups in total. The normalized spacial score (nSPS) is 10.8. The van der Waals surface area contributed by atoms with Crippen LogP contribution in [0.5, 0.6) is 5.75 Å². The van der Waals surface area contributed by atoms with E-state index in [0.29, 0.717) is 5.95 Å². The molecule has 0 aliphatic heterocycles. The number of nitrogens with two attached hydrogens (primary N) is 1. The highest BCUT2D eigenvalue weighted by Crippen LogP contribution is 2.36. The molecule has 0 atom stereocenters. The van der Waals surface area contributed by atoms with Gasteiger partial charge in [0, 0.05) is 15.2 Å². The highest BCUT2D eigenvalue weighted by molar-refractivity contribution is 7.99. The van der Waals surface area contributed by atoms with E-state index < -0.39 is 0 Å². The van der Waals surface area contributed by atoms with E-state index in [4.69, 9.17) is 10.6 Å². The Hall–Kier alpha value is -1.83. The van der Waals surface area contributed by atoms with Crippen molar-refractivity contribution in [3.8, 4) is 5.75 Å². The molecule has 0 amide bonds. The van der Waals surface area contributed by atoms with E-state index in [0.717, 1.165) is 25.9 Å². The maximum Gasteiger partial charge on any atom is 0.239 e. The van der Waals surface area contributed by atoms with E-state index in [-0.39, 0.29) is 0 Å². The fraction of sp³-hybridized carbons (Fsp3) is 0.143. The summed E-state index contributed by atoms with van der Waals surface area (Å²) >= 11 is 3.22. The number of anilines is 1. The van der Waals surface area contributed by atoms with Gasteiger partial charge in [0.2, 0.25) is 5.95 Å². The lowest BCUT2D eigenvalue weighted by molar-refractivity contribution is 0.414. The van der Waals surface area contributed by atoms with Crippen LogP contribution in [-0.4, -0.2) is 17.1 Å². The van der Waals surface area contributed by atoms with E-state index in [1.165, 1.54) is 4.88 Å². The van der Waals surface area contributed by atoms with Crippen molar-refractivity contribution in [1.29, 1.82) is 0 Å². The number of rotatable bonds is 4. The van der Waals surface area contributed by atoms with Crippen LogP contribution < -0.4 is 16.0 Å². The van der Waals surface area contributed by atoms with E-state index >= 15 is 0 Å². The first kappa shape index (κ1) is 14.1. The summed E-state index contributed by atoms with van der Waals surface area (Å²) in [4.78, 5) is 12.1. The van der Waals surface area contributed by atoms with Gasteiger partial charge in [-0.1, -0.05) is 11.8 Å². The maximum absolute atomic E-state index is 5.45. The van der Waals surface area contributed by atoms with Crippen molar-refractivity contribution >= 4 is 39.3 Å². The Morgan fingerprint density at radius 1 is 1.24 bits per heavy atom. The number of thiophene rings is 1. The largest absolute Gasteiger partial charge is 0.497 e. The fourth-order valence-corrected chi connectivity index (χ4v) is 3.75. The topological polar surface area (TPSA) is 73.1 Å². The molecule has 0 unspecified atom stereocenters. The van der Waals surface area contributed by atoms with Gasteiger partial charge in [-0.3, -0.25) is 5.43 Å². The predicted octanol–water partition coefficient (Wildman–Crippen LogP) is 3.45. The molecule has 0 fully saturated rings. The SMILES string of the molecule is COc1ccc(Sc2nc(NN)nc3sc(C)cc23)cc1. The van der Waals surface area contributed by atoms with Gasteiger partial charge in [-0.05, 0) is 37.3 Å². The molecule has 2 heterocycles. The van der Waals surface area contributed by atoms with Crippen LogP contribution in [0.2, 0.25) is 0 Å². The van der Waals surface area contributed by atoms with Crippen molar-refractivity contribution in [3.05, 3.63) is 35.2 Å². The molecule has 2 aromatic heterocycles. The number of nitrogens with zero attached hydrogens (tertiary/aromatic N) is 2. The molecule has 0 aliphatic rings. The van der Waals surface area contributed by atoms with Gasteiger partial charge in [0.05, 0.1) is 7.11 Å². The van der Waals surface area contributed by atoms with Crippen molar-refractivity contribution in [2.24, 2.45) is 5.84 Å². The van der Waals surface area contributed by atoms with Crippen LogP contribution in [0.3, 0.4) is 0 Å². The summed E-state index contributed by atoms with van der Waals surface area (Å²) in [5.74, 6) is 6.72. The molecule has 0 saturated heterocycles. The van der Waals surface area contributed by atoms with Crippen molar-refractivity contribution in [2.75, 3.05) is 12.5 Å². The van der Waals surface area contributed by atoms with E-state index in [9.17, 15) is 0 Å². The number of aromatic nitrogens is 2. The molecule has 3 rings (SSSR count). The first-order valence-electron chi connectivity index (χ1n) is 6.26. The molecule has 3 aromatic rings. The Morgan fingerprint density at radius 2 is 2.00 bits per heavy atom. The van der Waals surface area contributed by atoms with Gasteiger partial charge < -0.3 is 4.74 Å². The number of hydrogen-bond acceptors (Lipinski definition) is 7. The maximum atomic E-state index is 5.45. The zero-order chi connectivity index (χ0) is 14.8. The molecule has 1 aromatic carbocycles. The summed E-state index contributed by atoms with van der Waals surface area (Å²) < 4.78 is 5.17. The van der Waals surface area contributed by atoms with Gasteiger partial charge >= 0.3 is 0 Å². The minimum atomic E-state index is 0.431. The Morgan fingerprint density at radius 3 is 2.67 bits per heavy atom. The summed E-state index contributed by atoms with van der Waals surface area (Å²) in [5.41, 5.74) is 2.52. The zero-order valence-corrected chi connectivity index (χ0v) is 13.2. The highest BCUT2D eigenvalue weighted by atomic mass is 32.2. The summed E-state index contributed by atoms with van der Waals surface area (Å²) in [6.45, 7) is 2.06. The van der Waals surface area contributed by atoms with Gasteiger partial charge in [0.15, 0.2) is 0 Å². The second kappa shape index (κ2) is 5.88. The fourth-order valence-electron chi connectivity index (χ4n) is 1.91. The number of ether oxygens (including phenoxy) is 1. The summed E-state index contributed by atoms with van der Waals surface area (Å²) in [5, 5.41) is 1.94. The number of hydrogen-bond donors (Lipinski definition) is 2. The van der Waals surface area contributed by atoms with Crippen LogP contribution in [0.4, 0.5) is 5.95 Å². The Kier molecular flexibility index (Phi) is 3.96. The van der Waals surface area contributed by atoms with Crippen molar-refractivity contribution in [3.63, 3.8) is 0 Å².